The Morgan fingerprint density at radius 2 is 2.03 bits per heavy atom. The number of hydrogen-bond acceptors (Lipinski definition) is 5. The van der Waals surface area contributed by atoms with Crippen molar-refractivity contribution in [2.75, 3.05) is 13.1 Å². The highest BCUT2D eigenvalue weighted by molar-refractivity contribution is 5.94. The Morgan fingerprint density at radius 1 is 1.29 bits per heavy atom. The number of rotatable bonds is 8. The second-order valence-corrected chi connectivity index (χ2v) is 7.90. The van der Waals surface area contributed by atoms with Gasteiger partial charge in [0.25, 0.3) is 5.91 Å². The largest absolute Gasteiger partial charge is 0.368 e. The van der Waals surface area contributed by atoms with E-state index in [9.17, 15) is 14.4 Å². The van der Waals surface area contributed by atoms with E-state index < -0.39 is 11.9 Å². The van der Waals surface area contributed by atoms with Crippen LogP contribution in [0.25, 0.3) is 0 Å². The third-order valence-electron chi connectivity index (χ3n) is 5.65. The number of carbonyl (C=O) groups is 3. The molecule has 166 valence electrons. The summed E-state index contributed by atoms with van der Waals surface area (Å²) in [5.41, 5.74) is 13.6. The van der Waals surface area contributed by atoms with Crippen molar-refractivity contribution in [1.29, 1.82) is 0 Å². The normalized spacial score (nSPS) is 15.5. The van der Waals surface area contributed by atoms with E-state index in [0.29, 0.717) is 24.3 Å². The molecule has 3 amide bonds. The van der Waals surface area contributed by atoms with Crippen LogP contribution in [0.2, 0.25) is 0 Å². The molecule has 0 bridgehead atoms. The highest BCUT2D eigenvalue weighted by Gasteiger charge is 2.29. The number of nitrogens with two attached hydrogens (primary N) is 2. The van der Waals surface area contributed by atoms with E-state index in [4.69, 9.17) is 11.5 Å². The third kappa shape index (κ3) is 5.69. The van der Waals surface area contributed by atoms with E-state index in [0.717, 1.165) is 18.4 Å². The van der Waals surface area contributed by atoms with Gasteiger partial charge in [-0.25, -0.2) is 4.98 Å². The number of hydrogen-bond donors (Lipinski definition) is 3. The lowest BCUT2D eigenvalue weighted by molar-refractivity contribution is -0.139. The maximum Gasteiger partial charge on any atom is 0.253 e. The quantitative estimate of drug-likeness (QED) is 0.573. The Kier molecular flexibility index (Phi) is 7.41. The molecule has 3 rings (SSSR count). The number of piperidine rings is 1. The zero-order valence-electron chi connectivity index (χ0n) is 17.8. The van der Waals surface area contributed by atoms with Gasteiger partial charge in [-0.3, -0.25) is 14.4 Å². The maximum absolute atomic E-state index is 12.9. The summed E-state index contributed by atoms with van der Waals surface area (Å²) in [4.78, 5) is 48.0. The molecule has 1 aliphatic heterocycles. The molecule has 1 aromatic carbocycles. The molecule has 0 unspecified atom stereocenters. The van der Waals surface area contributed by atoms with Crippen molar-refractivity contribution in [1.82, 2.24) is 19.8 Å². The van der Waals surface area contributed by atoms with Crippen LogP contribution < -0.4 is 11.5 Å². The Morgan fingerprint density at radius 3 is 2.65 bits per heavy atom. The van der Waals surface area contributed by atoms with E-state index in [1.807, 2.05) is 11.0 Å². The fraction of sp³-hybridized carbons (Fsp3) is 0.455. The molecule has 0 aliphatic carbocycles. The van der Waals surface area contributed by atoms with Crippen LogP contribution in [0, 0.1) is 0 Å². The van der Waals surface area contributed by atoms with Gasteiger partial charge in [0, 0.05) is 56.0 Å². The van der Waals surface area contributed by atoms with Gasteiger partial charge in [0.1, 0.15) is 6.04 Å². The Balaban J connectivity index is 1.79. The number of carbonyl (C=O) groups excluding carboxylic acids is 3. The molecule has 1 saturated heterocycles. The Bertz CT molecular complexity index is 906. The first kappa shape index (κ1) is 22.5. The standard InChI is InChI=1S/C22H30N6O3/c1-2-20(29)28(19(21(24)30)11-18-12-25-14-26-18)13-15-4-3-5-16(10-15)22(31)27-8-6-17(23)7-9-27/h3-5,10,12,14,17,19H,2,6-9,11,13,23H2,1H3,(H2,24,30)(H,25,26)/t19-/m1/s1. The van der Waals surface area contributed by atoms with Gasteiger partial charge in [-0.05, 0) is 30.5 Å². The maximum atomic E-state index is 12.9. The first-order chi connectivity index (χ1) is 14.9. The molecule has 5 N–H and O–H groups in total. The number of likely N-dealkylation sites (tertiary alicyclic amines) is 1. The fourth-order valence-electron chi connectivity index (χ4n) is 3.83. The summed E-state index contributed by atoms with van der Waals surface area (Å²) in [7, 11) is 0. The minimum atomic E-state index is -0.823. The number of benzene rings is 1. The SMILES string of the molecule is CCC(=O)N(Cc1cccc(C(=O)N2CCC(N)CC2)c1)[C@H](Cc1cnc[nH]1)C(N)=O. The molecule has 2 heterocycles. The Labute approximate surface area is 181 Å². The molecule has 1 aromatic heterocycles. The fourth-order valence-corrected chi connectivity index (χ4v) is 3.83. The zero-order chi connectivity index (χ0) is 22.4. The van der Waals surface area contributed by atoms with Crippen molar-refractivity contribution in [2.24, 2.45) is 11.5 Å². The van der Waals surface area contributed by atoms with Crippen LogP contribution in [0.1, 0.15) is 47.8 Å². The number of aromatic amines is 1. The van der Waals surface area contributed by atoms with Crippen LogP contribution in [0.4, 0.5) is 0 Å². The van der Waals surface area contributed by atoms with E-state index in [2.05, 4.69) is 9.97 Å². The summed E-state index contributed by atoms with van der Waals surface area (Å²) in [6, 6.07) is 6.50. The average molecular weight is 427 g/mol. The molecule has 1 atom stereocenters. The zero-order valence-corrected chi connectivity index (χ0v) is 17.8. The summed E-state index contributed by atoms with van der Waals surface area (Å²) in [5, 5.41) is 0. The van der Waals surface area contributed by atoms with E-state index in [1.54, 1.807) is 31.3 Å². The van der Waals surface area contributed by atoms with Gasteiger partial charge < -0.3 is 26.3 Å². The second-order valence-electron chi connectivity index (χ2n) is 7.90. The molecule has 31 heavy (non-hydrogen) atoms. The predicted octanol–water partition coefficient (Wildman–Crippen LogP) is 0.808. The highest BCUT2D eigenvalue weighted by atomic mass is 16.2. The molecule has 0 spiro atoms. The smallest absolute Gasteiger partial charge is 0.253 e. The first-order valence-corrected chi connectivity index (χ1v) is 10.6. The highest BCUT2D eigenvalue weighted by Crippen LogP contribution is 2.18. The number of H-pyrrole nitrogens is 1. The number of aromatic nitrogens is 2. The number of nitrogens with zero attached hydrogens (tertiary/aromatic N) is 3. The number of nitrogens with one attached hydrogen (secondary N) is 1. The summed E-state index contributed by atoms with van der Waals surface area (Å²) < 4.78 is 0. The molecule has 1 aliphatic rings. The van der Waals surface area contributed by atoms with Crippen molar-refractivity contribution in [3.63, 3.8) is 0 Å². The summed E-state index contributed by atoms with van der Waals surface area (Å²) >= 11 is 0. The van der Waals surface area contributed by atoms with Gasteiger partial charge in [-0.1, -0.05) is 19.1 Å². The monoisotopic (exact) mass is 426 g/mol. The third-order valence-corrected chi connectivity index (χ3v) is 5.65. The van der Waals surface area contributed by atoms with Gasteiger partial charge in [-0.2, -0.15) is 0 Å². The van der Waals surface area contributed by atoms with Crippen LogP contribution in [0.15, 0.2) is 36.8 Å². The predicted molar refractivity (Wildman–Crippen MR) is 116 cm³/mol. The number of primary amides is 1. The van der Waals surface area contributed by atoms with Crippen LogP contribution in [0.3, 0.4) is 0 Å². The van der Waals surface area contributed by atoms with Gasteiger partial charge in [0.15, 0.2) is 0 Å². The van der Waals surface area contributed by atoms with E-state index in [1.165, 1.54) is 11.2 Å². The molecule has 9 heteroatoms. The van der Waals surface area contributed by atoms with Crippen molar-refractivity contribution >= 4 is 17.7 Å². The van der Waals surface area contributed by atoms with Crippen molar-refractivity contribution in [3.8, 4) is 0 Å². The second kappa shape index (κ2) is 10.2. The molecule has 9 nitrogen and oxygen atoms in total. The van der Waals surface area contributed by atoms with Crippen LogP contribution in [-0.4, -0.2) is 62.7 Å². The van der Waals surface area contributed by atoms with Crippen LogP contribution in [0.5, 0.6) is 0 Å². The lowest BCUT2D eigenvalue weighted by Crippen LogP contribution is -2.48. The lowest BCUT2D eigenvalue weighted by atomic mass is 10.0. The van der Waals surface area contributed by atoms with Crippen LogP contribution in [-0.2, 0) is 22.6 Å². The molecular formula is C22H30N6O3. The molecule has 1 fully saturated rings. The molecule has 0 radical (unpaired) electrons. The minimum Gasteiger partial charge on any atom is -0.368 e. The topological polar surface area (TPSA) is 138 Å². The lowest BCUT2D eigenvalue weighted by Gasteiger charge is -2.31. The summed E-state index contributed by atoms with van der Waals surface area (Å²) in [6.45, 7) is 3.20. The van der Waals surface area contributed by atoms with E-state index >= 15 is 0 Å². The number of imidazole rings is 1. The summed E-state index contributed by atoms with van der Waals surface area (Å²) in [6.07, 6.45) is 5.18. The average Bonchev–Trinajstić information content (AvgIpc) is 3.29. The molecular weight excluding hydrogens is 396 g/mol. The molecule has 2 aromatic rings. The van der Waals surface area contributed by atoms with E-state index in [-0.39, 0.29) is 37.2 Å². The van der Waals surface area contributed by atoms with Crippen molar-refractivity contribution < 1.29 is 14.4 Å². The number of amides is 3. The van der Waals surface area contributed by atoms with Crippen molar-refractivity contribution in [3.05, 3.63) is 53.6 Å². The van der Waals surface area contributed by atoms with Gasteiger partial charge in [0.2, 0.25) is 11.8 Å². The first-order valence-electron chi connectivity index (χ1n) is 10.6. The van der Waals surface area contributed by atoms with Gasteiger partial charge in [0.05, 0.1) is 6.33 Å². The van der Waals surface area contributed by atoms with Crippen molar-refractivity contribution in [2.45, 2.75) is 51.2 Å². The van der Waals surface area contributed by atoms with Gasteiger partial charge >= 0.3 is 0 Å². The molecule has 0 saturated carbocycles. The van der Waals surface area contributed by atoms with Crippen LogP contribution >= 0.6 is 0 Å². The Hall–Kier alpha value is -3.20. The summed E-state index contributed by atoms with van der Waals surface area (Å²) in [5.74, 6) is -0.829. The minimum absolute atomic E-state index is 0.0500. The van der Waals surface area contributed by atoms with Gasteiger partial charge in [-0.15, -0.1) is 0 Å².